The molecule has 216 valence electrons. The third-order valence-electron chi connectivity index (χ3n) is 7.51. The molecule has 3 N–H and O–H groups in total. The van der Waals surface area contributed by atoms with Crippen LogP contribution in [0.25, 0.3) is 11.1 Å². The summed E-state index contributed by atoms with van der Waals surface area (Å²) in [7, 11) is 0. The van der Waals surface area contributed by atoms with Crippen LogP contribution in [-0.2, 0) is 16.1 Å². The molecule has 8 nitrogen and oxygen atoms in total. The van der Waals surface area contributed by atoms with Gasteiger partial charge < -0.3 is 30.0 Å². The second-order valence-electron chi connectivity index (χ2n) is 10.3. The second-order valence-corrected chi connectivity index (χ2v) is 10.3. The number of aliphatic hydroxyl groups excluding tert-OH is 2. The van der Waals surface area contributed by atoms with E-state index in [2.05, 4.69) is 10.2 Å². The third kappa shape index (κ3) is 7.22. The Kier molecular flexibility index (Phi) is 9.61. The molecule has 1 heterocycles. The highest BCUT2D eigenvalue weighted by molar-refractivity contribution is 5.82. The summed E-state index contributed by atoms with van der Waals surface area (Å²) >= 11 is 0. The van der Waals surface area contributed by atoms with E-state index < -0.39 is 24.2 Å². The van der Waals surface area contributed by atoms with Crippen LogP contribution in [0.1, 0.15) is 5.56 Å². The lowest BCUT2D eigenvalue weighted by Gasteiger charge is -2.40. The van der Waals surface area contributed by atoms with Crippen molar-refractivity contribution in [3.05, 3.63) is 115 Å². The Hall–Kier alpha value is -4.50. The van der Waals surface area contributed by atoms with Gasteiger partial charge in [0.2, 0.25) is 0 Å². The number of carbonyl (C=O) groups is 2. The van der Waals surface area contributed by atoms with Gasteiger partial charge in [-0.3, -0.25) is 9.69 Å². The Morgan fingerprint density at radius 2 is 1.43 bits per heavy atom. The molecule has 42 heavy (non-hydrogen) atoms. The Balaban J connectivity index is 1.11. The first kappa shape index (κ1) is 29.0. The normalized spacial score (nSPS) is 15.8. The SMILES string of the molecule is O=CC([C@H](O)[C@@H](O)C(=O)NCc1ccc(Oc2cccc(-c3ccccc3)c2)cc1)N1CCN(c2ccccc2)CC1. The third-order valence-corrected chi connectivity index (χ3v) is 7.51. The molecule has 5 rings (SSSR count). The molecule has 1 unspecified atom stereocenters. The molecule has 1 amide bonds. The van der Waals surface area contributed by atoms with Crippen LogP contribution in [0, 0.1) is 0 Å². The number of aliphatic hydroxyl groups is 2. The lowest BCUT2D eigenvalue weighted by molar-refractivity contribution is -0.140. The molecule has 4 aromatic carbocycles. The van der Waals surface area contributed by atoms with Crippen LogP contribution in [0.15, 0.2) is 109 Å². The summed E-state index contributed by atoms with van der Waals surface area (Å²) in [5, 5.41) is 23.9. The Morgan fingerprint density at radius 1 is 0.786 bits per heavy atom. The van der Waals surface area contributed by atoms with Gasteiger partial charge in [-0.1, -0.05) is 72.8 Å². The van der Waals surface area contributed by atoms with Crippen LogP contribution >= 0.6 is 0 Å². The average molecular weight is 566 g/mol. The predicted molar refractivity (Wildman–Crippen MR) is 162 cm³/mol. The number of para-hydroxylation sites is 1. The smallest absolute Gasteiger partial charge is 0.251 e. The number of aldehydes is 1. The maximum Gasteiger partial charge on any atom is 0.251 e. The minimum Gasteiger partial charge on any atom is -0.457 e. The Bertz CT molecular complexity index is 1440. The van der Waals surface area contributed by atoms with Crippen molar-refractivity contribution in [3.63, 3.8) is 0 Å². The molecule has 0 bridgehead atoms. The van der Waals surface area contributed by atoms with Crippen molar-refractivity contribution >= 4 is 17.9 Å². The van der Waals surface area contributed by atoms with Crippen molar-refractivity contribution in [2.24, 2.45) is 0 Å². The monoisotopic (exact) mass is 565 g/mol. The Morgan fingerprint density at radius 3 is 2.10 bits per heavy atom. The number of carbonyl (C=O) groups excluding carboxylic acids is 2. The highest BCUT2D eigenvalue weighted by atomic mass is 16.5. The first-order chi connectivity index (χ1) is 20.5. The first-order valence-corrected chi connectivity index (χ1v) is 14.1. The second kappa shape index (κ2) is 13.9. The fourth-order valence-electron chi connectivity index (χ4n) is 5.12. The molecular formula is C34H35N3O5. The lowest BCUT2D eigenvalue weighted by Crippen LogP contribution is -2.58. The maximum atomic E-state index is 12.7. The van der Waals surface area contributed by atoms with Crippen molar-refractivity contribution < 1.29 is 24.5 Å². The zero-order chi connectivity index (χ0) is 29.3. The number of piperazine rings is 1. The van der Waals surface area contributed by atoms with E-state index in [1.807, 2.05) is 102 Å². The largest absolute Gasteiger partial charge is 0.457 e. The van der Waals surface area contributed by atoms with Gasteiger partial charge in [0.05, 0.1) is 6.04 Å². The van der Waals surface area contributed by atoms with Crippen LogP contribution in [0.4, 0.5) is 5.69 Å². The quantitative estimate of drug-likeness (QED) is 0.237. The average Bonchev–Trinajstić information content (AvgIpc) is 3.05. The van der Waals surface area contributed by atoms with Gasteiger partial charge in [-0.2, -0.15) is 0 Å². The molecule has 4 aromatic rings. The molecule has 1 saturated heterocycles. The number of nitrogens with one attached hydrogen (secondary N) is 1. The van der Waals surface area contributed by atoms with E-state index in [-0.39, 0.29) is 6.54 Å². The topological polar surface area (TPSA) is 102 Å². The molecule has 8 heteroatoms. The van der Waals surface area contributed by atoms with E-state index in [0.717, 1.165) is 22.4 Å². The minimum absolute atomic E-state index is 0.147. The summed E-state index contributed by atoms with van der Waals surface area (Å²) in [5.74, 6) is 0.614. The summed E-state index contributed by atoms with van der Waals surface area (Å²) in [5.41, 5.74) is 4.04. The molecule has 0 aromatic heterocycles. The molecule has 1 fully saturated rings. The zero-order valence-electron chi connectivity index (χ0n) is 23.3. The molecule has 0 radical (unpaired) electrons. The molecule has 1 aliphatic rings. The van der Waals surface area contributed by atoms with Gasteiger partial charge in [-0.25, -0.2) is 0 Å². The van der Waals surface area contributed by atoms with Crippen molar-refractivity contribution in [2.45, 2.75) is 24.8 Å². The van der Waals surface area contributed by atoms with Gasteiger partial charge in [-0.15, -0.1) is 0 Å². The van der Waals surface area contributed by atoms with Crippen molar-refractivity contribution in [1.82, 2.24) is 10.2 Å². The summed E-state index contributed by atoms with van der Waals surface area (Å²) in [4.78, 5) is 28.6. The number of ether oxygens (including phenoxy) is 1. The minimum atomic E-state index is -1.74. The number of amides is 1. The summed E-state index contributed by atoms with van der Waals surface area (Å²) in [6.07, 6.45) is -2.69. The van der Waals surface area contributed by atoms with E-state index in [9.17, 15) is 19.8 Å². The summed E-state index contributed by atoms with van der Waals surface area (Å²) < 4.78 is 6.02. The highest BCUT2D eigenvalue weighted by Crippen LogP contribution is 2.27. The molecule has 0 spiro atoms. The number of benzene rings is 4. The van der Waals surface area contributed by atoms with Crippen LogP contribution in [0.2, 0.25) is 0 Å². The molecular weight excluding hydrogens is 530 g/mol. The molecule has 0 saturated carbocycles. The van der Waals surface area contributed by atoms with E-state index >= 15 is 0 Å². The van der Waals surface area contributed by atoms with Crippen LogP contribution < -0.4 is 15.0 Å². The number of anilines is 1. The van der Waals surface area contributed by atoms with Crippen molar-refractivity contribution in [1.29, 1.82) is 0 Å². The van der Waals surface area contributed by atoms with Gasteiger partial charge in [-0.05, 0) is 53.1 Å². The fourth-order valence-corrected chi connectivity index (χ4v) is 5.12. The zero-order valence-corrected chi connectivity index (χ0v) is 23.3. The summed E-state index contributed by atoms with van der Waals surface area (Å²) in [6, 6.07) is 34.1. The van der Waals surface area contributed by atoms with E-state index in [0.29, 0.717) is 44.0 Å². The van der Waals surface area contributed by atoms with E-state index in [4.69, 9.17) is 4.74 Å². The Labute approximate surface area is 245 Å². The first-order valence-electron chi connectivity index (χ1n) is 14.1. The van der Waals surface area contributed by atoms with Gasteiger partial charge >= 0.3 is 0 Å². The number of nitrogens with zero attached hydrogens (tertiary/aromatic N) is 2. The fraction of sp³-hybridized carbons (Fsp3) is 0.235. The van der Waals surface area contributed by atoms with E-state index in [1.54, 1.807) is 12.1 Å². The van der Waals surface area contributed by atoms with Gasteiger partial charge in [0.25, 0.3) is 5.91 Å². The lowest BCUT2D eigenvalue weighted by atomic mass is 10.0. The highest BCUT2D eigenvalue weighted by Gasteiger charge is 2.36. The number of rotatable bonds is 11. The van der Waals surface area contributed by atoms with Crippen LogP contribution in [0.3, 0.4) is 0 Å². The molecule has 0 aliphatic carbocycles. The van der Waals surface area contributed by atoms with Crippen molar-refractivity contribution in [2.75, 3.05) is 31.1 Å². The van der Waals surface area contributed by atoms with Crippen LogP contribution in [-0.4, -0.2) is 71.7 Å². The van der Waals surface area contributed by atoms with Gasteiger partial charge in [0.15, 0.2) is 6.10 Å². The van der Waals surface area contributed by atoms with Gasteiger partial charge in [0, 0.05) is 38.4 Å². The predicted octanol–water partition coefficient (Wildman–Crippen LogP) is 3.87. The summed E-state index contributed by atoms with van der Waals surface area (Å²) in [6.45, 7) is 2.53. The molecule has 3 atom stereocenters. The van der Waals surface area contributed by atoms with Gasteiger partial charge in [0.1, 0.15) is 23.9 Å². The van der Waals surface area contributed by atoms with Crippen LogP contribution in [0.5, 0.6) is 11.5 Å². The standard InChI is InChI=1S/C34H35N3O5/c38-24-31(37-20-18-36(19-21-37)28-11-5-2-6-12-28)32(39)33(40)34(41)35-23-25-14-16-29(17-15-25)42-30-13-7-10-27(22-30)26-8-3-1-4-9-26/h1-17,22,24,31-33,39-40H,18-21,23H2,(H,35,41)/t31?,32-,33+/m0/s1. The van der Waals surface area contributed by atoms with E-state index in [1.165, 1.54) is 0 Å². The number of hydrogen-bond acceptors (Lipinski definition) is 7. The number of hydrogen-bond donors (Lipinski definition) is 3. The van der Waals surface area contributed by atoms with Crippen molar-refractivity contribution in [3.8, 4) is 22.6 Å². The maximum absolute atomic E-state index is 12.7. The molecule has 1 aliphatic heterocycles.